The second-order valence-electron chi connectivity index (χ2n) is 5.51. The molecule has 0 radical (unpaired) electrons. The average molecular weight is 267 g/mol. The van der Waals surface area contributed by atoms with E-state index >= 15 is 0 Å². The molecular formula is C14H15F2NO2. The molecule has 102 valence electrons. The first-order chi connectivity index (χ1) is 8.94. The molecule has 0 aromatic heterocycles. The van der Waals surface area contributed by atoms with Crippen LogP contribution in [-0.2, 0) is 0 Å². The van der Waals surface area contributed by atoms with Gasteiger partial charge in [-0.25, -0.2) is 13.6 Å². The highest BCUT2D eigenvalue weighted by molar-refractivity contribution is 5.66. The molecule has 1 saturated carbocycles. The monoisotopic (exact) mass is 267 g/mol. The fourth-order valence-electron chi connectivity index (χ4n) is 2.78. The zero-order valence-corrected chi connectivity index (χ0v) is 10.4. The SMILES string of the molecule is O=C(O)N1CC(c2ccc(C3CC(F)(F)C3)cc2)C1. The molecule has 2 fully saturated rings. The maximum atomic E-state index is 12.8. The Labute approximate surface area is 109 Å². The van der Waals surface area contributed by atoms with E-state index in [1.54, 1.807) is 0 Å². The Kier molecular flexibility index (Phi) is 2.73. The lowest BCUT2D eigenvalue weighted by molar-refractivity contribution is -0.0867. The van der Waals surface area contributed by atoms with Crippen LogP contribution < -0.4 is 0 Å². The lowest BCUT2D eigenvalue weighted by atomic mass is 9.76. The number of hydrogen-bond acceptors (Lipinski definition) is 1. The molecule has 1 aliphatic heterocycles. The van der Waals surface area contributed by atoms with Gasteiger partial charge in [0.25, 0.3) is 0 Å². The largest absolute Gasteiger partial charge is 0.465 e. The first-order valence-corrected chi connectivity index (χ1v) is 6.40. The van der Waals surface area contributed by atoms with Crippen LogP contribution in [-0.4, -0.2) is 35.1 Å². The number of likely N-dealkylation sites (tertiary alicyclic amines) is 1. The van der Waals surface area contributed by atoms with Crippen molar-refractivity contribution in [2.24, 2.45) is 0 Å². The number of carbonyl (C=O) groups is 1. The molecule has 1 aromatic rings. The summed E-state index contributed by atoms with van der Waals surface area (Å²) in [4.78, 5) is 12.0. The second-order valence-corrected chi connectivity index (χ2v) is 5.51. The third-order valence-electron chi connectivity index (χ3n) is 4.12. The summed E-state index contributed by atoms with van der Waals surface area (Å²) in [6.07, 6.45) is -0.991. The number of carboxylic acid groups (broad SMARTS) is 1. The summed E-state index contributed by atoms with van der Waals surface area (Å²) in [5, 5.41) is 8.76. The van der Waals surface area contributed by atoms with Gasteiger partial charge in [0, 0.05) is 31.8 Å². The van der Waals surface area contributed by atoms with Gasteiger partial charge in [-0.05, 0) is 17.0 Å². The van der Waals surface area contributed by atoms with Gasteiger partial charge >= 0.3 is 6.09 Å². The number of hydrogen-bond donors (Lipinski definition) is 1. The van der Waals surface area contributed by atoms with Crippen LogP contribution in [0.25, 0.3) is 0 Å². The van der Waals surface area contributed by atoms with Crippen molar-refractivity contribution in [3.05, 3.63) is 35.4 Å². The molecule has 0 atom stereocenters. The van der Waals surface area contributed by atoms with Crippen molar-refractivity contribution in [3.63, 3.8) is 0 Å². The zero-order valence-electron chi connectivity index (χ0n) is 10.4. The summed E-state index contributed by atoms with van der Waals surface area (Å²) in [6, 6.07) is 7.68. The molecule has 2 aliphatic rings. The molecule has 1 N–H and O–H groups in total. The fourth-order valence-corrected chi connectivity index (χ4v) is 2.78. The first kappa shape index (κ1) is 12.4. The maximum Gasteiger partial charge on any atom is 0.407 e. The van der Waals surface area contributed by atoms with Gasteiger partial charge in [0.2, 0.25) is 5.92 Å². The summed E-state index contributed by atoms with van der Waals surface area (Å²) in [6.45, 7) is 1.05. The molecule has 0 spiro atoms. The topological polar surface area (TPSA) is 40.5 Å². The van der Waals surface area contributed by atoms with E-state index in [0.29, 0.717) is 13.1 Å². The van der Waals surface area contributed by atoms with Gasteiger partial charge in [-0.3, -0.25) is 0 Å². The van der Waals surface area contributed by atoms with Crippen LogP contribution in [0.15, 0.2) is 24.3 Å². The van der Waals surface area contributed by atoms with Gasteiger partial charge in [-0.15, -0.1) is 0 Å². The summed E-state index contributed by atoms with van der Waals surface area (Å²) in [5.74, 6) is -2.27. The minimum atomic E-state index is -2.49. The number of rotatable bonds is 2. The summed E-state index contributed by atoms with van der Waals surface area (Å²) in [5.41, 5.74) is 2.05. The average Bonchev–Trinajstić information content (AvgIpc) is 2.24. The van der Waals surface area contributed by atoms with E-state index in [9.17, 15) is 13.6 Å². The normalized spacial score (nSPS) is 22.7. The highest BCUT2D eigenvalue weighted by Crippen LogP contribution is 2.48. The van der Waals surface area contributed by atoms with Crippen LogP contribution >= 0.6 is 0 Å². The van der Waals surface area contributed by atoms with Crippen molar-refractivity contribution in [1.29, 1.82) is 0 Å². The predicted molar refractivity (Wildman–Crippen MR) is 65.7 cm³/mol. The third-order valence-corrected chi connectivity index (χ3v) is 4.12. The van der Waals surface area contributed by atoms with Crippen molar-refractivity contribution in [2.75, 3.05) is 13.1 Å². The number of amides is 1. The Bertz CT molecular complexity index is 487. The van der Waals surface area contributed by atoms with Crippen LogP contribution in [0.1, 0.15) is 35.8 Å². The Balaban J connectivity index is 1.60. The molecule has 1 heterocycles. The van der Waals surface area contributed by atoms with Crippen molar-refractivity contribution >= 4 is 6.09 Å². The Morgan fingerprint density at radius 1 is 1.11 bits per heavy atom. The van der Waals surface area contributed by atoms with E-state index in [2.05, 4.69) is 0 Å². The fraction of sp³-hybridized carbons (Fsp3) is 0.500. The predicted octanol–water partition coefficient (Wildman–Crippen LogP) is 3.28. The zero-order chi connectivity index (χ0) is 13.6. The Hall–Kier alpha value is -1.65. The molecule has 1 amide bonds. The standard InChI is InChI=1S/C14H15F2NO2/c15-14(16)5-11(6-14)9-1-3-10(4-2-9)12-7-17(8-12)13(18)19/h1-4,11-12H,5-8H2,(H,18,19). The number of alkyl halides is 2. The second kappa shape index (κ2) is 4.18. The minimum Gasteiger partial charge on any atom is -0.465 e. The molecule has 0 unspecified atom stereocenters. The summed E-state index contributed by atoms with van der Waals surface area (Å²) < 4.78 is 25.6. The van der Waals surface area contributed by atoms with E-state index < -0.39 is 12.0 Å². The molecule has 1 aliphatic carbocycles. The van der Waals surface area contributed by atoms with Gasteiger partial charge in [0.1, 0.15) is 0 Å². The van der Waals surface area contributed by atoms with Crippen LogP contribution in [0.4, 0.5) is 13.6 Å². The van der Waals surface area contributed by atoms with E-state index in [4.69, 9.17) is 5.11 Å². The number of nitrogens with zero attached hydrogens (tertiary/aromatic N) is 1. The summed E-state index contributed by atoms with van der Waals surface area (Å²) >= 11 is 0. The van der Waals surface area contributed by atoms with Crippen molar-refractivity contribution in [1.82, 2.24) is 4.90 Å². The van der Waals surface area contributed by atoms with Crippen LogP contribution in [0, 0.1) is 0 Å². The smallest absolute Gasteiger partial charge is 0.407 e. The lowest BCUT2D eigenvalue weighted by Crippen LogP contribution is -2.47. The van der Waals surface area contributed by atoms with Gasteiger partial charge in [0.15, 0.2) is 0 Å². The highest BCUT2D eigenvalue weighted by atomic mass is 19.3. The van der Waals surface area contributed by atoms with Gasteiger partial charge < -0.3 is 10.0 Å². The number of benzene rings is 1. The Morgan fingerprint density at radius 2 is 1.58 bits per heavy atom. The van der Waals surface area contributed by atoms with Crippen LogP contribution in [0.5, 0.6) is 0 Å². The van der Waals surface area contributed by atoms with E-state index in [1.807, 2.05) is 24.3 Å². The van der Waals surface area contributed by atoms with Crippen LogP contribution in [0.3, 0.4) is 0 Å². The molecule has 5 heteroatoms. The van der Waals surface area contributed by atoms with Crippen molar-refractivity contribution < 1.29 is 18.7 Å². The number of halogens is 2. The Morgan fingerprint density at radius 3 is 2.00 bits per heavy atom. The van der Waals surface area contributed by atoms with Gasteiger partial charge in [0.05, 0.1) is 0 Å². The molecular weight excluding hydrogens is 252 g/mol. The van der Waals surface area contributed by atoms with Gasteiger partial charge in [-0.1, -0.05) is 24.3 Å². The van der Waals surface area contributed by atoms with E-state index in [-0.39, 0.29) is 24.7 Å². The summed E-state index contributed by atoms with van der Waals surface area (Å²) in [7, 11) is 0. The van der Waals surface area contributed by atoms with Crippen molar-refractivity contribution in [3.8, 4) is 0 Å². The third kappa shape index (κ3) is 2.29. The molecule has 19 heavy (non-hydrogen) atoms. The first-order valence-electron chi connectivity index (χ1n) is 6.40. The quantitative estimate of drug-likeness (QED) is 0.893. The molecule has 3 rings (SSSR count). The minimum absolute atomic E-state index is 0.0269. The van der Waals surface area contributed by atoms with Crippen molar-refractivity contribution in [2.45, 2.75) is 30.6 Å². The van der Waals surface area contributed by atoms with E-state index in [1.165, 1.54) is 4.90 Å². The highest BCUT2D eigenvalue weighted by Gasteiger charge is 2.45. The van der Waals surface area contributed by atoms with Gasteiger partial charge in [-0.2, -0.15) is 0 Å². The molecule has 3 nitrogen and oxygen atoms in total. The van der Waals surface area contributed by atoms with E-state index in [0.717, 1.165) is 11.1 Å². The lowest BCUT2D eigenvalue weighted by Gasteiger charge is -2.38. The molecule has 1 saturated heterocycles. The molecule has 0 bridgehead atoms. The maximum absolute atomic E-state index is 12.8. The molecule has 1 aromatic carbocycles. The van der Waals surface area contributed by atoms with Crippen LogP contribution in [0.2, 0.25) is 0 Å².